The van der Waals surface area contributed by atoms with Gasteiger partial charge in [-0.3, -0.25) is 0 Å². The summed E-state index contributed by atoms with van der Waals surface area (Å²) in [5, 5.41) is 8.56. The normalized spacial score (nSPS) is 19.2. The van der Waals surface area contributed by atoms with Crippen LogP contribution in [0.2, 0.25) is 10.0 Å². The van der Waals surface area contributed by atoms with E-state index in [9.17, 15) is 18.0 Å². The Morgan fingerprint density at radius 3 is 2.36 bits per heavy atom. The number of esters is 1. The number of benzene rings is 2. The maximum absolute atomic E-state index is 14.0. The lowest BCUT2D eigenvalue weighted by Crippen LogP contribution is -2.45. The Morgan fingerprint density at radius 1 is 1.18 bits per heavy atom. The monoisotopic (exact) mass is 431 g/mol. The zero-order valence-corrected chi connectivity index (χ0v) is 16.2. The SMILES string of the molecule is COC(=O)c1ccc(N2CC(c3cc(Cl)cc(Cl)c3)(C(F)(F)F)N=N2)cc1C. The topological polar surface area (TPSA) is 54.3 Å². The Morgan fingerprint density at radius 2 is 1.82 bits per heavy atom. The van der Waals surface area contributed by atoms with Crippen LogP contribution in [0.4, 0.5) is 18.9 Å². The van der Waals surface area contributed by atoms with Gasteiger partial charge in [0.05, 0.1) is 24.9 Å². The van der Waals surface area contributed by atoms with Gasteiger partial charge in [-0.25, -0.2) is 9.80 Å². The van der Waals surface area contributed by atoms with Crippen molar-refractivity contribution in [2.45, 2.75) is 18.6 Å². The van der Waals surface area contributed by atoms with Gasteiger partial charge in [0, 0.05) is 10.0 Å². The molecule has 0 fully saturated rings. The summed E-state index contributed by atoms with van der Waals surface area (Å²) in [5.74, 6) is -0.537. The maximum atomic E-state index is 14.0. The second kappa shape index (κ2) is 7.25. The minimum Gasteiger partial charge on any atom is -0.465 e. The van der Waals surface area contributed by atoms with Crippen molar-refractivity contribution in [3.8, 4) is 0 Å². The number of halogens is 5. The molecular weight excluding hydrogens is 418 g/mol. The highest BCUT2D eigenvalue weighted by Crippen LogP contribution is 2.48. The highest BCUT2D eigenvalue weighted by molar-refractivity contribution is 6.34. The molecule has 0 saturated carbocycles. The van der Waals surface area contributed by atoms with Crippen LogP contribution < -0.4 is 5.01 Å². The predicted molar refractivity (Wildman–Crippen MR) is 98.9 cm³/mol. The van der Waals surface area contributed by atoms with Crippen molar-refractivity contribution < 1.29 is 22.7 Å². The average molecular weight is 432 g/mol. The third-order valence-electron chi connectivity index (χ3n) is 4.42. The van der Waals surface area contributed by atoms with Crippen LogP contribution in [0.1, 0.15) is 21.5 Å². The van der Waals surface area contributed by atoms with Crippen LogP contribution in [0, 0.1) is 6.92 Å². The van der Waals surface area contributed by atoms with Gasteiger partial charge in [-0.15, -0.1) is 5.11 Å². The predicted octanol–water partition coefficient (Wildman–Crippen LogP) is 5.73. The molecule has 1 aliphatic rings. The number of methoxy groups -OCH3 is 1. The Hall–Kier alpha value is -2.32. The van der Waals surface area contributed by atoms with Gasteiger partial charge >= 0.3 is 12.1 Å². The highest BCUT2D eigenvalue weighted by atomic mass is 35.5. The number of carbonyl (C=O) groups excluding carboxylic acids is 1. The van der Waals surface area contributed by atoms with Gasteiger partial charge in [0.1, 0.15) is 0 Å². The van der Waals surface area contributed by atoms with E-state index < -0.39 is 24.2 Å². The second-order valence-electron chi connectivity index (χ2n) is 6.25. The van der Waals surface area contributed by atoms with Gasteiger partial charge in [0.2, 0.25) is 5.54 Å². The van der Waals surface area contributed by atoms with Crippen molar-refractivity contribution in [2.75, 3.05) is 18.7 Å². The molecule has 0 bridgehead atoms. The fourth-order valence-electron chi connectivity index (χ4n) is 2.95. The highest BCUT2D eigenvalue weighted by Gasteiger charge is 2.60. The Kier molecular flexibility index (Phi) is 5.29. The Balaban J connectivity index is 2.00. The van der Waals surface area contributed by atoms with Crippen molar-refractivity contribution >= 4 is 34.9 Å². The molecule has 0 aromatic heterocycles. The standard InChI is InChI=1S/C18H14Cl2F3N3O2/c1-10-5-14(3-4-15(10)16(27)28-2)26-9-17(24-25-26,18(21,22)23)11-6-12(19)8-13(20)7-11/h3-8H,9H2,1-2H3. The van der Waals surface area contributed by atoms with Gasteiger partial charge < -0.3 is 4.74 Å². The quantitative estimate of drug-likeness (QED) is 0.582. The summed E-state index contributed by atoms with van der Waals surface area (Å²) in [4.78, 5) is 11.7. The molecule has 3 rings (SSSR count). The van der Waals surface area contributed by atoms with Gasteiger partial charge in [0.25, 0.3) is 0 Å². The lowest BCUT2D eigenvalue weighted by atomic mass is 9.90. The number of hydrogen-bond acceptors (Lipinski definition) is 5. The lowest BCUT2D eigenvalue weighted by Gasteiger charge is -2.29. The largest absolute Gasteiger partial charge is 0.465 e. The molecule has 1 aliphatic heterocycles. The van der Waals surface area contributed by atoms with E-state index in [1.54, 1.807) is 13.0 Å². The van der Waals surface area contributed by atoms with Crippen molar-refractivity contribution in [1.29, 1.82) is 0 Å². The van der Waals surface area contributed by atoms with Crippen LogP contribution in [0.3, 0.4) is 0 Å². The fourth-order valence-corrected chi connectivity index (χ4v) is 3.48. The minimum absolute atomic E-state index is 0.0676. The zero-order valence-electron chi connectivity index (χ0n) is 14.7. The third-order valence-corrected chi connectivity index (χ3v) is 4.86. The number of alkyl halides is 3. The molecule has 1 unspecified atom stereocenters. The van der Waals surface area contributed by atoms with E-state index in [0.717, 1.165) is 5.01 Å². The Bertz CT molecular complexity index is 945. The van der Waals surface area contributed by atoms with Crippen LogP contribution in [0.5, 0.6) is 0 Å². The van der Waals surface area contributed by atoms with Crippen LogP contribution in [0.15, 0.2) is 46.7 Å². The molecule has 2 aromatic carbocycles. The van der Waals surface area contributed by atoms with E-state index in [1.807, 2.05) is 0 Å². The van der Waals surface area contributed by atoms with Crippen LogP contribution >= 0.6 is 23.2 Å². The molecule has 0 aliphatic carbocycles. The van der Waals surface area contributed by atoms with Crippen LogP contribution in [0.25, 0.3) is 0 Å². The molecule has 2 aromatic rings. The fraction of sp³-hybridized carbons (Fsp3) is 0.278. The zero-order chi connectivity index (χ0) is 20.7. The first-order valence-corrected chi connectivity index (χ1v) is 8.75. The van der Waals surface area contributed by atoms with Crippen molar-refractivity contribution in [1.82, 2.24) is 0 Å². The average Bonchev–Trinajstić information content (AvgIpc) is 3.07. The molecule has 1 atom stereocenters. The summed E-state index contributed by atoms with van der Waals surface area (Å²) in [6, 6.07) is 8.19. The number of carbonyl (C=O) groups is 1. The number of nitrogens with zero attached hydrogens (tertiary/aromatic N) is 3. The van der Waals surface area contributed by atoms with Crippen molar-refractivity contribution in [3.63, 3.8) is 0 Å². The van der Waals surface area contributed by atoms with E-state index in [1.165, 1.54) is 37.4 Å². The second-order valence-corrected chi connectivity index (χ2v) is 7.13. The first kappa shape index (κ1) is 20.4. The first-order valence-electron chi connectivity index (χ1n) is 8.00. The summed E-state index contributed by atoms with van der Waals surface area (Å²) in [7, 11) is 1.25. The number of anilines is 1. The molecule has 0 spiro atoms. The summed E-state index contributed by atoms with van der Waals surface area (Å²) >= 11 is 11.8. The maximum Gasteiger partial charge on any atom is 0.421 e. The Labute approximate surface area is 168 Å². The molecule has 5 nitrogen and oxygen atoms in total. The van der Waals surface area contributed by atoms with Crippen molar-refractivity contribution in [3.05, 3.63) is 63.1 Å². The number of rotatable bonds is 3. The van der Waals surface area contributed by atoms with E-state index >= 15 is 0 Å². The molecule has 10 heteroatoms. The molecule has 0 amide bonds. The van der Waals surface area contributed by atoms with Gasteiger partial charge in [-0.1, -0.05) is 28.4 Å². The molecule has 0 radical (unpaired) electrons. The van der Waals surface area contributed by atoms with Gasteiger partial charge in [-0.2, -0.15) is 13.2 Å². The van der Waals surface area contributed by atoms with E-state index in [-0.39, 0.29) is 15.6 Å². The van der Waals surface area contributed by atoms with E-state index in [4.69, 9.17) is 23.2 Å². The van der Waals surface area contributed by atoms with Crippen molar-refractivity contribution in [2.24, 2.45) is 10.3 Å². The summed E-state index contributed by atoms with van der Waals surface area (Å²) in [6.45, 7) is 1.06. The number of aryl methyl sites for hydroxylation is 1. The number of hydrogen-bond donors (Lipinski definition) is 0. The third kappa shape index (κ3) is 3.54. The summed E-state index contributed by atoms with van der Waals surface area (Å²) < 4.78 is 46.7. The summed E-state index contributed by atoms with van der Waals surface area (Å²) in [6.07, 6.45) is -4.74. The number of ether oxygens (including phenoxy) is 1. The van der Waals surface area contributed by atoms with Gasteiger partial charge in [0.15, 0.2) is 0 Å². The van der Waals surface area contributed by atoms with E-state index in [2.05, 4.69) is 15.1 Å². The lowest BCUT2D eigenvalue weighted by molar-refractivity contribution is -0.183. The van der Waals surface area contributed by atoms with Gasteiger partial charge in [-0.05, 0) is 54.4 Å². The molecule has 28 heavy (non-hydrogen) atoms. The van der Waals surface area contributed by atoms with E-state index in [0.29, 0.717) is 16.8 Å². The van der Waals surface area contributed by atoms with Crippen LogP contribution in [-0.2, 0) is 10.3 Å². The molecule has 1 heterocycles. The minimum atomic E-state index is -4.74. The smallest absolute Gasteiger partial charge is 0.421 e. The molecule has 0 saturated heterocycles. The molecular formula is C18H14Cl2F3N3O2. The van der Waals surface area contributed by atoms with Crippen LogP contribution in [-0.4, -0.2) is 25.8 Å². The summed E-state index contributed by atoms with van der Waals surface area (Å²) in [5.41, 5.74) is -1.61. The molecule has 0 N–H and O–H groups in total. The molecule has 148 valence electrons. The first-order chi connectivity index (χ1) is 13.1.